The quantitative estimate of drug-likeness (QED) is 0.494. The van der Waals surface area contributed by atoms with Gasteiger partial charge in [0, 0.05) is 6.21 Å². The maximum Gasteiger partial charge on any atom is 0.291 e. The predicted molar refractivity (Wildman–Crippen MR) is 97.1 cm³/mol. The number of benzene rings is 1. The lowest BCUT2D eigenvalue weighted by Gasteiger charge is -2.12. The van der Waals surface area contributed by atoms with E-state index in [0.717, 1.165) is 24.2 Å². The number of rotatable bonds is 9. The summed E-state index contributed by atoms with van der Waals surface area (Å²) in [7, 11) is -3.65. The number of unbranched alkanes of at least 4 members (excludes halogenated alkanes) is 1. The highest BCUT2D eigenvalue weighted by molar-refractivity contribution is 7.92. The molecular weight excluding hydrogens is 346 g/mol. The zero-order valence-electron chi connectivity index (χ0n) is 13.8. The molecule has 0 aliphatic rings. The highest BCUT2D eigenvalue weighted by Gasteiger charge is 2.13. The summed E-state index contributed by atoms with van der Waals surface area (Å²) in [5, 5.41) is 1.71. The molecule has 2 rings (SSSR count). The van der Waals surface area contributed by atoms with Gasteiger partial charge in [-0.3, -0.25) is 0 Å². The van der Waals surface area contributed by atoms with Gasteiger partial charge < -0.3 is 9.47 Å². The first kappa shape index (κ1) is 18.5. The standard InChI is InChI=1S/C17H21NO4S2/c1-3-5-10-22-15-9-8-14(12-16(15)21-4-2)13-18-24(19,20)17-7-6-11-23-17/h6-9,11-13H,3-5,10H2,1-2H3/b18-13-. The average molecular weight is 367 g/mol. The van der Waals surface area contributed by atoms with Crippen LogP contribution in [0.15, 0.2) is 44.3 Å². The zero-order chi connectivity index (χ0) is 17.4. The van der Waals surface area contributed by atoms with Gasteiger partial charge in [-0.05, 0) is 48.6 Å². The van der Waals surface area contributed by atoms with E-state index in [9.17, 15) is 8.42 Å². The minimum absolute atomic E-state index is 0.225. The van der Waals surface area contributed by atoms with Crippen LogP contribution in [0, 0.1) is 0 Å². The molecule has 130 valence electrons. The molecule has 0 atom stereocenters. The van der Waals surface area contributed by atoms with Crippen LogP contribution < -0.4 is 9.47 Å². The summed E-state index contributed by atoms with van der Waals surface area (Å²) >= 11 is 1.14. The van der Waals surface area contributed by atoms with E-state index < -0.39 is 10.0 Å². The summed E-state index contributed by atoms with van der Waals surface area (Å²) < 4.78 is 39.4. The Morgan fingerprint density at radius 2 is 2.00 bits per heavy atom. The van der Waals surface area contributed by atoms with Gasteiger partial charge >= 0.3 is 0 Å². The molecule has 0 radical (unpaired) electrons. The molecule has 0 spiro atoms. The van der Waals surface area contributed by atoms with Gasteiger partial charge in [-0.2, -0.15) is 12.8 Å². The Bertz CT molecular complexity index is 768. The van der Waals surface area contributed by atoms with Gasteiger partial charge in [0.15, 0.2) is 11.5 Å². The van der Waals surface area contributed by atoms with Crippen molar-refractivity contribution in [2.24, 2.45) is 4.40 Å². The van der Waals surface area contributed by atoms with Crippen LogP contribution in [0.25, 0.3) is 0 Å². The Kier molecular flexibility index (Phi) is 6.81. The summed E-state index contributed by atoms with van der Waals surface area (Å²) in [5.41, 5.74) is 0.640. The number of ether oxygens (including phenoxy) is 2. The maximum absolute atomic E-state index is 12.1. The Hall–Kier alpha value is -1.86. The zero-order valence-corrected chi connectivity index (χ0v) is 15.4. The van der Waals surface area contributed by atoms with Gasteiger partial charge in [0.05, 0.1) is 13.2 Å². The summed E-state index contributed by atoms with van der Waals surface area (Å²) in [5.74, 6) is 1.25. The lowest BCUT2D eigenvalue weighted by molar-refractivity contribution is 0.272. The van der Waals surface area contributed by atoms with Crippen molar-refractivity contribution in [2.45, 2.75) is 30.9 Å². The molecule has 5 nitrogen and oxygen atoms in total. The van der Waals surface area contributed by atoms with Gasteiger partial charge in [0.1, 0.15) is 4.21 Å². The molecule has 24 heavy (non-hydrogen) atoms. The molecule has 0 aliphatic heterocycles. The Labute approximate surface area is 147 Å². The highest BCUT2D eigenvalue weighted by atomic mass is 32.2. The van der Waals surface area contributed by atoms with E-state index in [1.54, 1.807) is 29.6 Å². The van der Waals surface area contributed by atoms with E-state index in [0.29, 0.717) is 30.3 Å². The van der Waals surface area contributed by atoms with E-state index in [-0.39, 0.29) is 4.21 Å². The fourth-order valence-corrected chi connectivity index (χ4v) is 3.76. The maximum atomic E-state index is 12.1. The molecule has 0 aliphatic carbocycles. The first-order valence-corrected chi connectivity index (χ1v) is 10.1. The molecule has 0 amide bonds. The van der Waals surface area contributed by atoms with E-state index in [2.05, 4.69) is 11.3 Å². The van der Waals surface area contributed by atoms with Crippen molar-refractivity contribution in [1.29, 1.82) is 0 Å². The van der Waals surface area contributed by atoms with Crippen molar-refractivity contribution < 1.29 is 17.9 Å². The number of nitrogens with zero attached hydrogens (tertiary/aromatic N) is 1. The predicted octanol–water partition coefficient (Wildman–Crippen LogP) is 4.13. The van der Waals surface area contributed by atoms with Crippen LogP contribution in [0.2, 0.25) is 0 Å². The molecule has 0 saturated carbocycles. The van der Waals surface area contributed by atoms with Gasteiger partial charge in [-0.15, -0.1) is 11.3 Å². The first-order valence-electron chi connectivity index (χ1n) is 7.80. The van der Waals surface area contributed by atoms with E-state index >= 15 is 0 Å². The largest absolute Gasteiger partial charge is 0.490 e. The van der Waals surface area contributed by atoms with Crippen LogP contribution in [0.1, 0.15) is 32.3 Å². The Morgan fingerprint density at radius 1 is 1.17 bits per heavy atom. The van der Waals surface area contributed by atoms with E-state index in [1.165, 1.54) is 12.3 Å². The first-order chi connectivity index (χ1) is 11.6. The fourth-order valence-electron chi connectivity index (χ4n) is 1.91. The molecule has 0 unspecified atom stereocenters. The second kappa shape index (κ2) is 8.84. The van der Waals surface area contributed by atoms with Crippen LogP contribution >= 0.6 is 11.3 Å². The van der Waals surface area contributed by atoms with Crippen LogP contribution in [0.5, 0.6) is 11.5 Å². The van der Waals surface area contributed by atoms with Gasteiger partial charge in [0.2, 0.25) is 0 Å². The third kappa shape index (κ3) is 5.07. The van der Waals surface area contributed by atoms with Crippen LogP contribution in [-0.2, 0) is 10.0 Å². The average Bonchev–Trinajstić information content (AvgIpc) is 3.11. The number of sulfonamides is 1. The summed E-state index contributed by atoms with van der Waals surface area (Å²) in [4.78, 5) is 0. The molecule has 1 aromatic heterocycles. The van der Waals surface area contributed by atoms with Crippen molar-refractivity contribution in [1.82, 2.24) is 0 Å². The summed E-state index contributed by atoms with van der Waals surface area (Å²) in [6.45, 7) is 5.10. The topological polar surface area (TPSA) is 65.0 Å². The second-order valence-corrected chi connectivity index (χ2v) is 7.79. The molecule has 0 fully saturated rings. The molecule has 0 bridgehead atoms. The van der Waals surface area contributed by atoms with Crippen LogP contribution in [0.3, 0.4) is 0 Å². The van der Waals surface area contributed by atoms with Crippen LogP contribution in [0.4, 0.5) is 0 Å². The molecule has 2 aromatic rings. The van der Waals surface area contributed by atoms with Crippen molar-refractivity contribution >= 4 is 27.6 Å². The smallest absolute Gasteiger partial charge is 0.291 e. The molecule has 0 saturated heterocycles. The summed E-state index contributed by atoms with van der Waals surface area (Å²) in [6.07, 6.45) is 3.34. The van der Waals surface area contributed by atoms with Crippen molar-refractivity contribution in [3.05, 3.63) is 41.3 Å². The lowest BCUT2D eigenvalue weighted by atomic mass is 10.2. The normalized spacial score (nSPS) is 11.8. The number of thiophene rings is 1. The molecule has 1 aromatic carbocycles. The third-order valence-electron chi connectivity index (χ3n) is 3.11. The van der Waals surface area contributed by atoms with Gasteiger partial charge in [-0.25, -0.2) is 0 Å². The van der Waals surface area contributed by atoms with E-state index in [4.69, 9.17) is 9.47 Å². The minimum Gasteiger partial charge on any atom is -0.490 e. The fraction of sp³-hybridized carbons (Fsp3) is 0.353. The number of hydrogen-bond acceptors (Lipinski definition) is 5. The molecule has 7 heteroatoms. The van der Waals surface area contributed by atoms with Crippen LogP contribution in [-0.4, -0.2) is 27.8 Å². The van der Waals surface area contributed by atoms with Gasteiger partial charge in [0.25, 0.3) is 10.0 Å². The van der Waals surface area contributed by atoms with Crippen molar-refractivity contribution in [3.8, 4) is 11.5 Å². The van der Waals surface area contributed by atoms with Gasteiger partial charge in [-0.1, -0.05) is 19.4 Å². The lowest BCUT2D eigenvalue weighted by Crippen LogP contribution is -2.01. The summed E-state index contributed by atoms with van der Waals surface area (Å²) in [6, 6.07) is 8.49. The molecule has 1 heterocycles. The SMILES string of the molecule is CCCCOc1ccc(/C=N\S(=O)(=O)c2cccs2)cc1OCC. The van der Waals surface area contributed by atoms with Crippen molar-refractivity contribution in [2.75, 3.05) is 13.2 Å². The molecule has 0 N–H and O–H groups in total. The Balaban J connectivity index is 2.18. The third-order valence-corrected chi connectivity index (χ3v) is 5.72. The Morgan fingerprint density at radius 3 is 2.67 bits per heavy atom. The molecular formula is C17H21NO4S2. The van der Waals surface area contributed by atoms with Crippen molar-refractivity contribution in [3.63, 3.8) is 0 Å². The second-order valence-electron chi connectivity index (χ2n) is 4.98. The minimum atomic E-state index is -3.65. The highest BCUT2D eigenvalue weighted by Crippen LogP contribution is 2.28. The monoisotopic (exact) mass is 367 g/mol. The van der Waals surface area contributed by atoms with E-state index in [1.807, 2.05) is 6.92 Å². The number of hydrogen-bond donors (Lipinski definition) is 0.